The van der Waals surface area contributed by atoms with Gasteiger partial charge in [0.05, 0.1) is 0 Å². The van der Waals surface area contributed by atoms with Crippen molar-refractivity contribution in [3.05, 3.63) is 0 Å². The molecule has 0 aliphatic heterocycles. The zero-order chi connectivity index (χ0) is 8.53. The van der Waals surface area contributed by atoms with Crippen LogP contribution in [0.1, 0.15) is 39.5 Å². The highest BCUT2D eigenvalue weighted by molar-refractivity contribution is 4.72. The Kier molecular flexibility index (Phi) is 6.92. The summed E-state index contributed by atoms with van der Waals surface area (Å²) in [5.41, 5.74) is 0. The van der Waals surface area contributed by atoms with Gasteiger partial charge in [0, 0.05) is 13.1 Å². The third-order valence-corrected chi connectivity index (χ3v) is 1.70. The SMILES string of the molecule is CCCCN(C#N)CCCC. The van der Waals surface area contributed by atoms with E-state index in [1.165, 1.54) is 12.8 Å². The van der Waals surface area contributed by atoms with Crippen molar-refractivity contribution in [3.63, 3.8) is 0 Å². The summed E-state index contributed by atoms with van der Waals surface area (Å²) < 4.78 is 0. The minimum atomic E-state index is 0.938. The van der Waals surface area contributed by atoms with Gasteiger partial charge in [-0.15, -0.1) is 0 Å². The van der Waals surface area contributed by atoms with E-state index in [0.717, 1.165) is 25.9 Å². The van der Waals surface area contributed by atoms with Gasteiger partial charge in [-0.05, 0) is 12.8 Å². The molecule has 0 bridgehead atoms. The van der Waals surface area contributed by atoms with E-state index >= 15 is 0 Å². The summed E-state index contributed by atoms with van der Waals surface area (Å²) in [6.45, 7) is 6.17. The van der Waals surface area contributed by atoms with Crippen LogP contribution in [0.25, 0.3) is 0 Å². The van der Waals surface area contributed by atoms with Crippen LogP contribution in [0.4, 0.5) is 0 Å². The molecule has 0 aromatic carbocycles. The largest absolute Gasteiger partial charge is 0.311 e. The Morgan fingerprint density at radius 1 is 1.09 bits per heavy atom. The van der Waals surface area contributed by atoms with Gasteiger partial charge in [-0.3, -0.25) is 0 Å². The zero-order valence-corrected chi connectivity index (χ0v) is 7.64. The van der Waals surface area contributed by atoms with Crippen LogP contribution in [-0.2, 0) is 0 Å². The molecule has 0 aliphatic carbocycles. The maximum atomic E-state index is 8.66. The van der Waals surface area contributed by atoms with Gasteiger partial charge in [-0.2, -0.15) is 5.26 Å². The first-order valence-electron chi connectivity index (χ1n) is 4.49. The van der Waals surface area contributed by atoms with E-state index in [1.54, 1.807) is 0 Å². The quantitative estimate of drug-likeness (QED) is 0.434. The van der Waals surface area contributed by atoms with Crippen LogP contribution in [0.3, 0.4) is 0 Å². The van der Waals surface area contributed by atoms with Crippen molar-refractivity contribution in [2.24, 2.45) is 0 Å². The van der Waals surface area contributed by atoms with E-state index in [9.17, 15) is 0 Å². The lowest BCUT2D eigenvalue weighted by Crippen LogP contribution is -2.19. The Morgan fingerprint density at radius 3 is 1.82 bits per heavy atom. The lowest BCUT2D eigenvalue weighted by atomic mass is 10.3. The molecule has 2 nitrogen and oxygen atoms in total. The van der Waals surface area contributed by atoms with Crippen molar-refractivity contribution in [2.75, 3.05) is 13.1 Å². The third-order valence-electron chi connectivity index (χ3n) is 1.70. The fourth-order valence-electron chi connectivity index (χ4n) is 0.910. The molecule has 0 aromatic heterocycles. The van der Waals surface area contributed by atoms with Crippen LogP contribution in [-0.4, -0.2) is 18.0 Å². The molecule has 0 aliphatic rings. The highest BCUT2D eigenvalue weighted by atomic mass is 15.1. The molecule has 0 fully saturated rings. The van der Waals surface area contributed by atoms with E-state index in [1.807, 2.05) is 4.90 Å². The minimum absolute atomic E-state index is 0.938. The molecule has 0 saturated carbocycles. The number of unbranched alkanes of at least 4 members (excludes halogenated alkanes) is 2. The van der Waals surface area contributed by atoms with Crippen LogP contribution in [0.5, 0.6) is 0 Å². The fourth-order valence-corrected chi connectivity index (χ4v) is 0.910. The first-order chi connectivity index (χ1) is 5.35. The highest BCUT2D eigenvalue weighted by Crippen LogP contribution is 1.96. The smallest absolute Gasteiger partial charge is 0.179 e. The summed E-state index contributed by atoms with van der Waals surface area (Å²) in [6, 6.07) is 0. The monoisotopic (exact) mass is 154 g/mol. The molecule has 0 atom stereocenters. The molecule has 0 aromatic rings. The summed E-state index contributed by atoms with van der Waals surface area (Å²) in [5, 5.41) is 8.66. The van der Waals surface area contributed by atoms with Gasteiger partial charge < -0.3 is 4.90 Å². The second-order valence-electron chi connectivity index (χ2n) is 2.79. The molecule has 0 amide bonds. The van der Waals surface area contributed by atoms with Crippen LogP contribution in [0, 0.1) is 11.5 Å². The van der Waals surface area contributed by atoms with Crippen molar-refractivity contribution >= 4 is 0 Å². The van der Waals surface area contributed by atoms with Gasteiger partial charge in [0.25, 0.3) is 0 Å². The maximum Gasteiger partial charge on any atom is 0.179 e. The molecular formula is C9H18N2. The molecule has 0 spiro atoms. The zero-order valence-electron chi connectivity index (χ0n) is 7.64. The van der Waals surface area contributed by atoms with Crippen LogP contribution < -0.4 is 0 Å². The highest BCUT2D eigenvalue weighted by Gasteiger charge is 1.97. The number of rotatable bonds is 6. The topological polar surface area (TPSA) is 27.0 Å². The Bertz CT molecular complexity index is 107. The van der Waals surface area contributed by atoms with E-state index in [2.05, 4.69) is 20.0 Å². The van der Waals surface area contributed by atoms with Crippen LogP contribution in [0.15, 0.2) is 0 Å². The maximum absolute atomic E-state index is 8.66. The van der Waals surface area contributed by atoms with Crippen molar-refractivity contribution in [2.45, 2.75) is 39.5 Å². The number of nitriles is 1. The van der Waals surface area contributed by atoms with Gasteiger partial charge >= 0.3 is 0 Å². The number of hydrogen-bond donors (Lipinski definition) is 0. The van der Waals surface area contributed by atoms with E-state index in [4.69, 9.17) is 5.26 Å². The Hall–Kier alpha value is -0.710. The fraction of sp³-hybridized carbons (Fsp3) is 0.889. The molecule has 0 heterocycles. The molecule has 0 unspecified atom stereocenters. The third kappa shape index (κ3) is 5.72. The van der Waals surface area contributed by atoms with Gasteiger partial charge in [-0.1, -0.05) is 26.7 Å². The summed E-state index contributed by atoms with van der Waals surface area (Å²) >= 11 is 0. The molecule has 0 rings (SSSR count). The summed E-state index contributed by atoms with van der Waals surface area (Å²) in [5.74, 6) is 0. The van der Waals surface area contributed by atoms with Gasteiger partial charge in [0.1, 0.15) is 0 Å². The van der Waals surface area contributed by atoms with Crippen LogP contribution in [0.2, 0.25) is 0 Å². The number of nitrogens with zero attached hydrogens (tertiary/aromatic N) is 2. The average Bonchev–Trinajstić information content (AvgIpc) is 2.05. The van der Waals surface area contributed by atoms with E-state index in [0.29, 0.717) is 0 Å². The van der Waals surface area contributed by atoms with Crippen molar-refractivity contribution in [1.82, 2.24) is 4.90 Å². The Labute approximate surface area is 69.8 Å². The van der Waals surface area contributed by atoms with E-state index < -0.39 is 0 Å². The molecular weight excluding hydrogens is 136 g/mol. The molecule has 11 heavy (non-hydrogen) atoms. The second kappa shape index (κ2) is 7.40. The average molecular weight is 154 g/mol. The first kappa shape index (κ1) is 10.3. The molecule has 2 heteroatoms. The number of hydrogen-bond acceptors (Lipinski definition) is 2. The first-order valence-corrected chi connectivity index (χ1v) is 4.49. The Morgan fingerprint density at radius 2 is 1.55 bits per heavy atom. The molecule has 0 N–H and O–H groups in total. The normalized spacial score (nSPS) is 9.18. The summed E-state index contributed by atoms with van der Waals surface area (Å²) in [6.07, 6.45) is 6.82. The predicted molar refractivity (Wildman–Crippen MR) is 47.0 cm³/mol. The van der Waals surface area contributed by atoms with Crippen molar-refractivity contribution in [1.29, 1.82) is 5.26 Å². The molecule has 0 saturated heterocycles. The van der Waals surface area contributed by atoms with Gasteiger partial charge in [-0.25, -0.2) is 0 Å². The molecule has 0 radical (unpaired) electrons. The summed E-state index contributed by atoms with van der Waals surface area (Å²) in [7, 11) is 0. The van der Waals surface area contributed by atoms with Crippen molar-refractivity contribution < 1.29 is 0 Å². The Balaban J connectivity index is 3.35. The van der Waals surface area contributed by atoms with Gasteiger partial charge in [0.15, 0.2) is 6.19 Å². The van der Waals surface area contributed by atoms with Crippen LogP contribution >= 0.6 is 0 Å². The second-order valence-corrected chi connectivity index (χ2v) is 2.79. The lowest BCUT2D eigenvalue weighted by Gasteiger charge is -2.13. The van der Waals surface area contributed by atoms with E-state index in [-0.39, 0.29) is 0 Å². The standard InChI is InChI=1S/C9H18N2/c1-3-5-7-11(9-10)8-6-4-2/h3-8H2,1-2H3. The van der Waals surface area contributed by atoms with Crippen molar-refractivity contribution in [3.8, 4) is 6.19 Å². The predicted octanol–water partition coefficient (Wildman–Crippen LogP) is 2.37. The summed E-state index contributed by atoms with van der Waals surface area (Å²) in [4.78, 5) is 1.85. The minimum Gasteiger partial charge on any atom is -0.311 e. The molecule has 64 valence electrons. The van der Waals surface area contributed by atoms with Gasteiger partial charge in [0.2, 0.25) is 0 Å². The lowest BCUT2D eigenvalue weighted by molar-refractivity contribution is 0.374.